The number of rotatable bonds is 7. The molecule has 4 nitrogen and oxygen atoms in total. The van der Waals surface area contributed by atoms with Crippen LogP contribution in [-0.4, -0.2) is 50.6 Å². The van der Waals surface area contributed by atoms with Crippen LogP contribution < -0.4 is 10.6 Å². The summed E-state index contributed by atoms with van der Waals surface area (Å²) in [6.45, 7) is 9.71. The highest BCUT2D eigenvalue weighted by molar-refractivity contribution is 14.0. The van der Waals surface area contributed by atoms with Crippen molar-refractivity contribution in [1.82, 2.24) is 15.5 Å². The topological polar surface area (TPSA) is 39.7 Å². The Kier molecular flexibility index (Phi) is 12.7. The van der Waals surface area contributed by atoms with Gasteiger partial charge in [-0.2, -0.15) is 0 Å². The Bertz CT molecular complexity index is 258. The molecule has 1 fully saturated rings. The predicted molar refractivity (Wildman–Crippen MR) is 99.1 cm³/mol. The first-order valence-corrected chi connectivity index (χ1v) is 7.97. The Morgan fingerprint density at radius 3 is 2.70 bits per heavy atom. The number of halogens is 1. The normalized spacial score (nSPS) is 20.4. The summed E-state index contributed by atoms with van der Waals surface area (Å²) in [7, 11) is 2.21. The van der Waals surface area contributed by atoms with Crippen LogP contribution >= 0.6 is 24.0 Å². The molecule has 5 heteroatoms. The fraction of sp³-hybridized carbons (Fsp3) is 0.933. The Balaban J connectivity index is 0.00000361. The molecule has 1 rings (SSSR count). The van der Waals surface area contributed by atoms with Gasteiger partial charge in [0.2, 0.25) is 0 Å². The highest BCUT2D eigenvalue weighted by atomic mass is 127. The second-order valence-electron chi connectivity index (χ2n) is 5.62. The van der Waals surface area contributed by atoms with E-state index in [0.717, 1.165) is 31.5 Å². The minimum Gasteiger partial charge on any atom is -0.357 e. The van der Waals surface area contributed by atoms with Crippen LogP contribution in [0.4, 0.5) is 0 Å². The fourth-order valence-electron chi connectivity index (χ4n) is 2.57. The van der Waals surface area contributed by atoms with E-state index in [1.807, 2.05) is 0 Å². The van der Waals surface area contributed by atoms with Gasteiger partial charge in [-0.15, -0.1) is 24.0 Å². The van der Waals surface area contributed by atoms with Gasteiger partial charge < -0.3 is 15.5 Å². The summed E-state index contributed by atoms with van der Waals surface area (Å²) in [5.41, 5.74) is 0. The van der Waals surface area contributed by atoms with Crippen molar-refractivity contribution in [2.75, 3.05) is 39.8 Å². The lowest BCUT2D eigenvalue weighted by Gasteiger charge is -2.28. The smallest absolute Gasteiger partial charge is 0.191 e. The maximum Gasteiger partial charge on any atom is 0.191 e. The summed E-state index contributed by atoms with van der Waals surface area (Å²) in [6, 6.07) is 0. The van der Waals surface area contributed by atoms with E-state index in [4.69, 9.17) is 4.99 Å². The molecule has 1 aliphatic heterocycles. The molecule has 1 heterocycles. The first-order valence-electron chi connectivity index (χ1n) is 7.97. The summed E-state index contributed by atoms with van der Waals surface area (Å²) < 4.78 is 0. The third-order valence-corrected chi connectivity index (χ3v) is 3.65. The molecule has 0 aromatic heterocycles. The minimum atomic E-state index is 0. The summed E-state index contributed by atoms with van der Waals surface area (Å²) in [4.78, 5) is 7.16. The number of nitrogens with one attached hydrogen (secondary N) is 2. The molecular weight excluding hydrogens is 363 g/mol. The van der Waals surface area contributed by atoms with Crippen molar-refractivity contribution in [3.8, 4) is 0 Å². The van der Waals surface area contributed by atoms with Crippen LogP contribution in [0, 0.1) is 5.92 Å². The van der Waals surface area contributed by atoms with Crippen molar-refractivity contribution < 1.29 is 0 Å². The van der Waals surface area contributed by atoms with E-state index in [-0.39, 0.29) is 24.0 Å². The number of guanidine groups is 1. The van der Waals surface area contributed by atoms with Crippen molar-refractivity contribution in [1.29, 1.82) is 0 Å². The third kappa shape index (κ3) is 9.00. The van der Waals surface area contributed by atoms with E-state index in [9.17, 15) is 0 Å². The monoisotopic (exact) mass is 396 g/mol. The lowest BCUT2D eigenvalue weighted by molar-refractivity contribution is 0.214. The number of likely N-dealkylation sites (tertiary alicyclic amines) is 1. The third-order valence-electron chi connectivity index (χ3n) is 3.65. The van der Waals surface area contributed by atoms with E-state index in [1.54, 1.807) is 0 Å². The van der Waals surface area contributed by atoms with Gasteiger partial charge in [0.1, 0.15) is 0 Å². The molecule has 1 aliphatic rings. The van der Waals surface area contributed by atoms with Crippen molar-refractivity contribution >= 4 is 29.9 Å². The predicted octanol–water partition coefficient (Wildman–Crippen LogP) is 2.69. The number of hydrogen-bond acceptors (Lipinski definition) is 2. The molecule has 0 aromatic rings. The van der Waals surface area contributed by atoms with Crippen LogP contribution in [-0.2, 0) is 0 Å². The van der Waals surface area contributed by atoms with Crippen LogP contribution in [0.3, 0.4) is 0 Å². The van der Waals surface area contributed by atoms with E-state index in [1.165, 1.54) is 45.2 Å². The van der Waals surface area contributed by atoms with Gasteiger partial charge in [-0.3, -0.25) is 4.99 Å². The number of nitrogens with zero attached hydrogens (tertiary/aromatic N) is 2. The molecule has 0 aromatic carbocycles. The minimum absolute atomic E-state index is 0. The van der Waals surface area contributed by atoms with Crippen LogP contribution in [0.25, 0.3) is 0 Å². The average molecular weight is 396 g/mol. The van der Waals surface area contributed by atoms with Crippen LogP contribution in [0.1, 0.15) is 46.0 Å². The van der Waals surface area contributed by atoms with E-state index in [2.05, 4.69) is 36.4 Å². The van der Waals surface area contributed by atoms with Gasteiger partial charge in [0, 0.05) is 26.2 Å². The van der Waals surface area contributed by atoms with Crippen LogP contribution in [0.5, 0.6) is 0 Å². The zero-order chi connectivity index (χ0) is 13.9. The quantitative estimate of drug-likeness (QED) is 0.301. The van der Waals surface area contributed by atoms with Gasteiger partial charge in [0.05, 0.1) is 0 Å². The van der Waals surface area contributed by atoms with E-state index in [0.29, 0.717) is 0 Å². The molecule has 0 bridgehead atoms. The number of hydrogen-bond donors (Lipinski definition) is 2. The van der Waals surface area contributed by atoms with Gasteiger partial charge in [0.15, 0.2) is 5.96 Å². The molecule has 0 radical (unpaired) electrons. The molecule has 2 N–H and O–H groups in total. The van der Waals surface area contributed by atoms with Gasteiger partial charge in [-0.25, -0.2) is 0 Å². The molecular formula is C15H33IN4. The van der Waals surface area contributed by atoms with Gasteiger partial charge in [-0.05, 0) is 45.7 Å². The Labute approximate surface area is 142 Å². The molecule has 1 atom stereocenters. The molecule has 1 saturated heterocycles. The molecule has 0 saturated carbocycles. The maximum atomic E-state index is 4.74. The second-order valence-corrected chi connectivity index (χ2v) is 5.62. The molecule has 0 amide bonds. The zero-order valence-corrected chi connectivity index (χ0v) is 15.8. The fourth-order valence-corrected chi connectivity index (χ4v) is 2.57. The first-order chi connectivity index (χ1) is 9.26. The number of aliphatic imine (C=N–C) groups is 1. The average Bonchev–Trinajstić information content (AvgIpc) is 2.41. The van der Waals surface area contributed by atoms with Gasteiger partial charge >= 0.3 is 0 Å². The molecule has 1 unspecified atom stereocenters. The van der Waals surface area contributed by atoms with Crippen molar-refractivity contribution in [2.24, 2.45) is 10.9 Å². The van der Waals surface area contributed by atoms with E-state index >= 15 is 0 Å². The Morgan fingerprint density at radius 2 is 2.05 bits per heavy atom. The highest BCUT2D eigenvalue weighted by Crippen LogP contribution is 2.14. The summed E-state index contributed by atoms with van der Waals surface area (Å²) in [5, 5.41) is 6.77. The lowest BCUT2D eigenvalue weighted by Crippen LogP contribution is -2.39. The Morgan fingerprint density at radius 1 is 1.25 bits per heavy atom. The number of piperidine rings is 1. The summed E-state index contributed by atoms with van der Waals surface area (Å²) in [5.74, 6) is 1.72. The molecule has 120 valence electrons. The SMILES string of the molecule is CCCCCNC(=NCC1CCCN(C)C1)NCC.I. The number of unbranched alkanes of at least 4 members (excludes halogenated alkanes) is 2. The van der Waals surface area contributed by atoms with Crippen molar-refractivity contribution in [3.05, 3.63) is 0 Å². The van der Waals surface area contributed by atoms with Gasteiger partial charge in [-0.1, -0.05) is 19.8 Å². The van der Waals surface area contributed by atoms with Crippen molar-refractivity contribution in [2.45, 2.75) is 46.0 Å². The van der Waals surface area contributed by atoms with Gasteiger partial charge in [0.25, 0.3) is 0 Å². The van der Waals surface area contributed by atoms with Crippen LogP contribution in [0.2, 0.25) is 0 Å². The van der Waals surface area contributed by atoms with Crippen molar-refractivity contribution in [3.63, 3.8) is 0 Å². The first kappa shape index (κ1) is 20.0. The largest absolute Gasteiger partial charge is 0.357 e. The lowest BCUT2D eigenvalue weighted by atomic mass is 9.99. The summed E-state index contributed by atoms with van der Waals surface area (Å²) in [6.07, 6.45) is 6.43. The molecule has 0 aliphatic carbocycles. The Hall–Kier alpha value is -0.0400. The second kappa shape index (κ2) is 12.7. The molecule has 0 spiro atoms. The molecule has 20 heavy (non-hydrogen) atoms. The zero-order valence-electron chi connectivity index (χ0n) is 13.5. The van der Waals surface area contributed by atoms with Crippen LogP contribution in [0.15, 0.2) is 4.99 Å². The standard InChI is InChI=1S/C15H32N4.HI/c1-4-6-7-10-17-15(16-5-2)18-12-14-9-8-11-19(3)13-14;/h14H,4-13H2,1-3H3,(H2,16,17,18);1H. The van der Waals surface area contributed by atoms with E-state index < -0.39 is 0 Å². The maximum absolute atomic E-state index is 4.74. The summed E-state index contributed by atoms with van der Waals surface area (Å²) >= 11 is 0. The highest BCUT2D eigenvalue weighted by Gasteiger charge is 2.16.